The lowest BCUT2D eigenvalue weighted by Gasteiger charge is -2.22. The quantitative estimate of drug-likeness (QED) is 0.677. The SMILES string of the molecule is Cc1ccc2c(c1)C(=O)NCCN(C(=O)c1ccc[nH]1)CCCC(=O)NCCO2. The highest BCUT2D eigenvalue weighted by atomic mass is 16.5. The number of carbonyl (C=O) groups is 3. The standard InChI is InChI=1S/C21H26N4O4/c1-15-6-7-18-16(14-15)20(27)24-9-12-25(21(28)17-4-2-8-22-17)11-3-5-19(26)23-10-13-29-18/h2,4,6-8,14,22H,3,5,9-13H2,1H3,(H,23,26)(H,24,27). The minimum Gasteiger partial charge on any atom is -0.491 e. The minimum atomic E-state index is -0.255. The van der Waals surface area contributed by atoms with E-state index < -0.39 is 0 Å². The van der Waals surface area contributed by atoms with Gasteiger partial charge in [-0.15, -0.1) is 0 Å². The molecule has 1 aliphatic heterocycles. The number of hydrogen-bond donors (Lipinski definition) is 3. The van der Waals surface area contributed by atoms with Crippen LogP contribution in [0.1, 0.15) is 39.3 Å². The van der Waals surface area contributed by atoms with E-state index in [1.54, 1.807) is 35.4 Å². The molecular weight excluding hydrogens is 372 g/mol. The van der Waals surface area contributed by atoms with E-state index in [4.69, 9.17) is 4.74 Å². The number of fused-ring (bicyclic) bond motifs is 1. The van der Waals surface area contributed by atoms with E-state index in [1.807, 2.05) is 13.0 Å². The van der Waals surface area contributed by atoms with Crippen LogP contribution in [0, 0.1) is 6.92 Å². The Balaban J connectivity index is 1.76. The molecule has 0 saturated heterocycles. The average molecular weight is 398 g/mol. The van der Waals surface area contributed by atoms with Gasteiger partial charge in [-0.2, -0.15) is 0 Å². The number of hydrogen-bond acceptors (Lipinski definition) is 4. The van der Waals surface area contributed by atoms with Crippen LogP contribution in [-0.4, -0.2) is 60.4 Å². The molecule has 0 fully saturated rings. The van der Waals surface area contributed by atoms with Crippen LogP contribution in [0.15, 0.2) is 36.5 Å². The Hall–Kier alpha value is -3.29. The summed E-state index contributed by atoms with van der Waals surface area (Å²) in [5.74, 6) is -0.0333. The van der Waals surface area contributed by atoms with Gasteiger partial charge in [0.05, 0.1) is 12.1 Å². The molecule has 3 rings (SSSR count). The Kier molecular flexibility index (Phi) is 6.89. The fourth-order valence-corrected chi connectivity index (χ4v) is 3.17. The van der Waals surface area contributed by atoms with Crippen molar-refractivity contribution in [2.75, 3.05) is 32.8 Å². The average Bonchev–Trinajstić information content (AvgIpc) is 3.24. The fraction of sp³-hybridized carbons (Fsp3) is 0.381. The topological polar surface area (TPSA) is 104 Å². The molecule has 8 heteroatoms. The second kappa shape index (κ2) is 9.77. The van der Waals surface area contributed by atoms with E-state index in [9.17, 15) is 14.4 Å². The number of nitrogens with one attached hydrogen (secondary N) is 3. The predicted octanol–water partition coefficient (Wildman–Crippen LogP) is 1.48. The highest BCUT2D eigenvalue weighted by molar-refractivity contribution is 5.97. The van der Waals surface area contributed by atoms with Gasteiger partial charge >= 0.3 is 0 Å². The van der Waals surface area contributed by atoms with E-state index in [2.05, 4.69) is 15.6 Å². The molecule has 154 valence electrons. The van der Waals surface area contributed by atoms with Gasteiger partial charge in [0, 0.05) is 32.3 Å². The number of rotatable bonds is 1. The van der Waals surface area contributed by atoms with Crippen molar-refractivity contribution in [2.45, 2.75) is 19.8 Å². The molecule has 2 heterocycles. The molecular formula is C21H26N4O4. The molecule has 3 amide bonds. The lowest BCUT2D eigenvalue weighted by molar-refractivity contribution is -0.121. The van der Waals surface area contributed by atoms with Crippen molar-refractivity contribution in [3.05, 3.63) is 53.3 Å². The van der Waals surface area contributed by atoms with Gasteiger partial charge in [-0.3, -0.25) is 14.4 Å². The maximum atomic E-state index is 12.7. The van der Waals surface area contributed by atoms with Crippen LogP contribution in [0.4, 0.5) is 0 Å². The third-order valence-electron chi connectivity index (χ3n) is 4.68. The molecule has 3 N–H and O–H groups in total. The summed E-state index contributed by atoms with van der Waals surface area (Å²) in [4.78, 5) is 42.0. The zero-order valence-electron chi connectivity index (χ0n) is 16.5. The molecule has 0 aliphatic carbocycles. The summed E-state index contributed by atoms with van der Waals surface area (Å²) in [6, 6.07) is 8.86. The highest BCUT2D eigenvalue weighted by Crippen LogP contribution is 2.20. The third-order valence-corrected chi connectivity index (χ3v) is 4.68. The lowest BCUT2D eigenvalue weighted by Crippen LogP contribution is -2.39. The Morgan fingerprint density at radius 3 is 2.76 bits per heavy atom. The van der Waals surface area contributed by atoms with Crippen LogP contribution in [0.25, 0.3) is 0 Å². The first-order valence-corrected chi connectivity index (χ1v) is 9.75. The van der Waals surface area contributed by atoms with Gasteiger partial charge in [-0.1, -0.05) is 11.6 Å². The van der Waals surface area contributed by atoms with Gasteiger partial charge in [-0.05, 0) is 37.6 Å². The van der Waals surface area contributed by atoms with Crippen LogP contribution in [0.5, 0.6) is 5.75 Å². The second-order valence-corrected chi connectivity index (χ2v) is 6.93. The van der Waals surface area contributed by atoms with E-state index in [0.717, 1.165) is 5.56 Å². The molecule has 0 bridgehead atoms. The van der Waals surface area contributed by atoms with Gasteiger partial charge in [0.2, 0.25) is 5.91 Å². The molecule has 1 aromatic heterocycles. The zero-order chi connectivity index (χ0) is 20.6. The molecule has 0 unspecified atom stereocenters. The molecule has 0 radical (unpaired) electrons. The summed E-state index contributed by atoms with van der Waals surface area (Å²) in [5.41, 5.74) is 1.86. The first kappa shape index (κ1) is 20.4. The van der Waals surface area contributed by atoms with Crippen molar-refractivity contribution in [3.8, 4) is 5.75 Å². The first-order valence-electron chi connectivity index (χ1n) is 9.75. The molecule has 2 aromatic rings. The Morgan fingerprint density at radius 1 is 1.10 bits per heavy atom. The van der Waals surface area contributed by atoms with Gasteiger partial charge in [0.1, 0.15) is 18.1 Å². The van der Waals surface area contributed by atoms with Crippen LogP contribution in [0.3, 0.4) is 0 Å². The molecule has 0 saturated carbocycles. The third kappa shape index (κ3) is 5.60. The van der Waals surface area contributed by atoms with Crippen molar-refractivity contribution in [1.82, 2.24) is 20.5 Å². The Labute approximate surface area is 169 Å². The molecule has 0 atom stereocenters. The zero-order valence-corrected chi connectivity index (χ0v) is 16.5. The number of H-pyrrole nitrogens is 1. The Morgan fingerprint density at radius 2 is 1.97 bits per heavy atom. The largest absolute Gasteiger partial charge is 0.491 e. The van der Waals surface area contributed by atoms with Gasteiger partial charge in [0.15, 0.2) is 0 Å². The lowest BCUT2D eigenvalue weighted by atomic mass is 10.1. The van der Waals surface area contributed by atoms with Crippen molar-refractivity contribution in [2.24, 2.45) is 0 Å². The summed E-state index contributed by atoms with van der Waals surface area (Å²) >= 11 is 0. The van der Waals surface area contributed by atoms with Crippen LogP contribution in [0.2, 0.25) is 0 Å². The minimum absolute atomic E-state index is 0.0888. The van der Waals surface area contributed by atoms with Gasteiger partial charge < -0.3 is 25.3 Å². The van der Waals surface area contributed by atoms with E-state index in [1.165, 1.54) is 0 Å². The summed E-state index contributed by atoms with van der Waals surface area (Å²) in [5, 5.41) is 5.67. The smallest absolute Gasteiger partial charge is 0.270 e. The summed E-state index contributed by atoms with van der Waals surface area (Å²) in [6.07, 6.45) is 2.54. The number of carbonyl (C=O) groups excluding carboxylic acids is 3. The van der Waals surface area contributed by atoms with Crippen molar-refractivity contribution < 1.29 is 19.1 Å². The molecule has 29 heavy (non-hydrogen) atoms. The molecule has 0 spiro atoms. The van der Waals surface area contributed by atoms with Gasteiger partial charge in [-0.25, -0.2) is 0 Å². The summed E-state index contributed by atoms with van der Waals surface area (Å²) < 4.78 is 5.70. The number of benzene rings is 1. The van der Waals surface area contributed by atoms with E-state index >= 15 is 0 Å². The maximum absolute atomic E-state index is 12.7. The first-order chi connectivity index (χ1) is 14.0. The van der Waals surface area contributed by atoms with Crippen LogP contribution in [-0.2, 0) is 4.79 Å². The number of aromatic amines is 1. The van der Waals surface area contributed by atoms with Gasteiger partial charge in [0.25, 0.3) is 11.8 Å². The normalized spacial score (nSPS) is 16.5. The number of ether oxygens (including phenoxy) is 1. The number of amides is 3. The summed E-state index contributed by atoms with van der Waals surface area (Å²) in [6.45, 7) is 3.58. The summed E-state index contributed by atoms with van der Waals surface area (Å²) in [7, 11) is 0. The van der Waals surface area contributed by atoms with Crippen molar-refractivity contribution >= 4 is 17.7 Å². The van der Waals surface area contributed by atoms with Crippen molar-refractivity contribution in [3.63, 3.8) is 0 Å². The molecule has 8 nitrogen and oxygen atoms in total. The molecule has 1 aromatic carbocycles. The number of nitrogens with zero attached hydrogens (tertiary/aromatic N) is 1. The van der Waals surface area contributed by atoms with E-state index in [-0.39, 0.29) is 24.3 Å². The maximum Gasteiger partial charge on any atom is 0.270 e. The highest BCUT2D eigenvalue weighted by Gasteiger charge is 2.18. The number of aromatic nitrogens is 1. The van der Waals surface area contributed by atoms with Crippen LogP contribution >= 0.6 is 0 Å². The fourth-order valence-electron chi connectivity index (χ4n) is 3.17. The Bertz CT molecular complexity index is 864. The van der Waals surface area contributed by atoms with Crippen LogP contribution < -0.4 is 15.4 Å². The van der Waals surface area contributed by atoms with Crippen molar-refractivity contribution in [1.29, 1.82) is 0 Å². The molecule has 1 aliphatic rings. The predicted molar refractivity (Wildman–Crippen MR) is 108 cm³/mol. The monoisotopic (exact) mass is 398 g/mol. The number of aryl methyl sites for hydroxylation is 1. The van der Waals surface area contributed by atoms with E-state index in [0.29, 0.717) is 56.0 Å². The second-order valence-electron chi connectivity index (χ2n) is 6.93.